The maximum atomic E-state index is 12.3. The smallest absolute Gasteiger partial charge is 0.248 e. The molecule has 0 aliphatic heterocycles. The van der Waals surface area contributed by atoms with Crippen molar-refractivity contribution in [1.82, 2.24) is 19.4 Å². The quantitative estimate of drug-likeness (QED) is 0.727. The van der Waals surface area contributed by atoms with Gasteiger partial charge in [-0.2, -0.15) is 9.40 Å². The second-order valence-corrected chi connectivity index (χ2v) is 6.12. The first-order valence-electron chi connectivity index (χ1n) is 5.73. The number of hydrogen-bond donors (Lipinski definition) is 2. The highest BCUT2D eigenvalue weighted by Gasteiger charge is 2.29. The minimum Gasteiger partial charge on any atom is -0.381 e. The van der Waals surface area contributed by atoms with Gasteiger partial charge < -0.3 is 11.1 Å². The molecule has 0 radical (unpaired) electrons. The third-order valence-electron chi connectivity index (χ3n) is 2.71. The number of hydrogen-bond acceptors (Lipinski definition) is 5. The minimum atomic E-state index is -3.83. The fourth-order valence-corrected chi connectivity index (χ4v) is 3.04. The van der Waals surface area contributed by atoms with Gasteiger partial charge in [-0.05, 0) is 13.8 Å². The van der Waals surface area contributed by atoms with Gasteiger partial charge in [0.15, 0.2) is 5.82 Å². The molecule has 3 N–H and O–H groups in total. The van der Waals surface area contributed by atoms with Gasteiger partial charge in [0.2, 0.25) is 15.9 Å². The summed E-state index contributed by atoms with van der Waals surface area (Å²) in [6.45, 7) is 3.55. The summed E-state index contributed by atoms with van der Waals surface area (Å²) in [6, 6.07) is 0. The van der Waals surface area contributed by atoms with Gasteiger partial charge in [-0.3, -0.25) is 9.48 Å². The third kappa shape index (κ3) is 3.04. The topological polar surface area (TPSA) is 110 Å². The third-order valence-corrected chi connectivity index (χ3v) is 4.68. The summed E-state index contributed by atoms with van der Waals surface area (Å²) in [5.41, 5.74) is 6.05. The van der Waals surface area contributed by atoms with Gasteiger partial charge in [0.1, 0.15) is 4.90 Å². The molecule has 0 bridgehead atoms. The van der Waals surface area contributed by atoms with E-state index < -0.39 is 10.0 Å². The zero-order valence-corrected chi connectivity index (χ0v) is 12.3. The number of carbonyl (C=O) groups is 1. The predicted octanol–water partition coefficient (Wildman–Crippen LogP) is -0.933. The average molecular weight is 289 g/mol. The molecule has 0 aromatic carbocycles. The maximum Gasteiger partial charge on any atom is 0.248 e. The molecule has 19 heavy (non-hydrogen) atoms. The number of nitrogens with one attached hydrogen (secondary N) is 1. The van der Waals surface area contributed by atoms with Crippen LogP contribution in [-0.2, 0) is 21.9 Å². The lowest BCUT2D eigenvalue weighted by Crippen LogP contribution is -2.38. The number of aromatic nitrogens is 2. The summed E-state index contributed by atoms with van der Waals surface area (Å²) in [5.74, 6) is -0.434. The molecular weight excluding hydrogens is 270 g/mol. The Labute approximate surface area is 112 Å². The van der Waals surface area contributed by atoms with Crippen molar-refractivity contribution in [3.8, 4) is 0 Å². The zero-order valence-electron chi connectivity index (χ0n) is 11.5. The molecule has 0 aliphatic rings. The van der Waals surface area contributed by atoms with E-state index in [1.165, 1.54) is 11.7 Å². The zero-order chi connectivity index (χ0) is 14.8. The van der Waals surface area contributed by atoms with Crippen LogP contribution >= 0.6 is 0 Å². The van der Waals surface area contributed by atoms with Gasteiger partial charge in [-0.15, -0.1) is 0 Å². The highest BCUT2D eigenvalue weighted by atomic mass is 32.2. The highest BCUT2D eigenvalue weighted by Crippen LogP contribution is 2.23. The largest absolute Gasteiger partial charge is 0.381 e. The van der Waals surface area contributed by atoms with E-state index in [1.54, 1.807) is 20.9 Å². The molecule has 0 fully saturated rings. The molecule has 1 amide bonds. The molecule has 0 aliphatic carbocycles. The van der Waals surface area contributed by atoms with Gasteiger partial charge in [-0.1, -0.05) is 0 Å². The van der Waals surface area contributed by atoms with E-state index in [4.69, 9.17) is 5.73 Å². The van der Waals surface area contributed by atoms with Crippen molar-refractivity contribution >= 4 is 21.7 Å². The molecule has 8 nitrogen and oxygen atoms in total. The Morgan fingerprint density at radius 2 is 2.11 bits per heavy atom. The Morgan fingerprint density at radius 3 is 2.53 bits per heavy atom. The Bertz CT molecular complexity index is 578. The fourth-order valence-electron chi connectivity index (χ4n) is 1.63. The highest BCUT2D eigenvalue weighted by molar-refractivity contribution is 7.89. The van der Waals surface area contributed by atoms with Crippen LogP contribution in [0.1, 0.15) is 12.6 Å². The van der Waals surface area contributed by atoms with Crippen LogP contribution in [0.3, 0.4) is 0 Å². The number of nitrogen functional groups attached to an aromatic ring is 1. The van der Waals surface area contributed by atoms with Crippen molar-refractivity contribution in [3.63, 3.8) is 0 Å². The number of anilines is 1. The van der Waals surface area contributed by atoms with Crippen LogP contribution in [0.4, 0.5) is 5.82 Å². The van der Waals surface area contributed by atoms with Gasteiger partial charge in [-0.25, -0.2) is 8.42 Å². The second-order valence-electron chi connectivity index (χ2n) is 4.14. The van der Waals surface area contributed by atoms with E-state index in [0.717, 1.165) is 4.31 Å². The average Bonchev–Trinajstić information content (AvgIpc) is 2.53. The first kappa shape index (κ1) is 15.4. The lowest BCUT2D eigenvalue weighted by molar-refractivity contribution is -0.121. The lowest BCUT2D eigenvalue weighted by atomic mass is 10.5. The fraction of sp³-hybridized carbons (Fsp3) is 0.600. The normalized spacial score (nSPS) is 11.8. The second kappa shape index (κ2) is 5.57. The molecule has 1 aromatic heterocycles. The van der Waals surface area contributed by atoms with Crippen LogP contribution in [-0.4, -0.2) is 48.5 Å². The predicted molar refractivity (Wildman–Crippen MR) is 70.9 cm³/mol. The Morgan fingerprint density at radius 1 is 1.53 bits per heavy atom. The van der Waals surface area contributed by atoms with Gasteiger partial charge >= 0.3 is 0 Å². The molecule has 9 heteroatoms. The number of nitrogens with two attached hydrogens (primary N) is 1. The number of nitrogens with zero attached hydrogens (tertiary/aromatic N) is 3. The van der Waals surface area contributed by atoms with Crippen molar-refractivity contribution < 1.29 is 13.2 Å². The molecule has 0 spiro atoms. The molecule has 108 valence electrons. The molecule has 0 atom stereocenters. The van der Waals surface area contributed by atoms with E-state index >= 15 is 0 Å². The van der Waals surface area contributed by atoms with Crippen LogP contribution in [0.2, 0.25) is 0 Å². The molecule has 1 heterocycles. The molecule has 0 unspecified atom stereocenters. The summed E-state index contributed by atoms with van der Waals surface area (Å²) >= 11 is 0. The van der Waals surface area contributed by atoms with Gasteiger partial charge in [0.25, 0.3) is 0 Å². The van der Waals surface area contributed by atoms with E-state index in [1.807, 2.05) is 0 Å². The van der Waals surface area contributed by atoms with E-state index in [2.05, 4.69) is 10.4 Å². The molecule has 1 rings (SSSR count). The summed E-state index contributed by atoms with van der Waals surface area (Å²) < 4.78 is 27.0. The van der Waals surface area contributed by atoms with Crippen LogP contribution in [0.5, 0.6) is 0 Å². The van der Waals surface area contributed by atoms with E-state index in [-0.39, 0.29) is 23.2 Å². The van der Waals surface area contributed by atoms with Crippen molar-refractivity contribution in [1.29, 1.82) is 0 Å². The molecular formula is C10H19N5O3S. The Balaban J connectivity index is 3.07. The standard InChI is InChI=1S/C10H19N5O3S/c1-5-12-8(16)6-14(3)19(17,18)9-7(2)15(4)13-10(9)11/h5-6H2,1-4H3,(H2,11,13)(H,12,16). The van der Waals surface area contributed by atoms with Crippen LogP contribution < -0.4 is 11.1 Å². The van der Waals surface area contributed by atoms with E-state index in [9.17, 15) is 13.2 Å². The van der Waals surface area contributed by atoms with Gasteiger partial charge in [0.05, 0.1) is 12.2 Å². The van der Waals surface area contributed by atoms with Crippen molar-refractivity contribution in [2.24, 2.45) is 7.05 Å². The number of amides is 1. The molecule has 0 saturated carbocycles. The summed E-state index contributed by atoms with van der Waals surface area (Å²) in [7, 11) is -0.893. The van der Waals surface area contributed by atoms with Gasteiger partial charge in [0, 0.05) is 20.6 Å². The molecule has 1 aromatic rings. The Kier molecular flexibility index (Phi) is 4.53. The number of rotatable bonds is 5. The van der Waals surface area contributed by atoms with Crippen molar-refractivity contribution in [2.45, 2.75) is 18.7 Å². The SMILES string of the molecule is CCNC(=O)CN(C)S(=O)(=O)c1c(N)nn(C)c1C. The first-order valence-corrected chi connectivity index (χ1v) is 7.17. The number of aryl methyl sites for hydroxylation is 1. The monoisotopic (exact) mass is 289 g/mol. The minimum absolute atomic E-state index is 0.0539. The number of likely N-dealkylation sites (N-methyl/N-ethyl adjacent to an activating group) is 2. The van der Waals surface area contributed by atoms with Crippen LogP contribution in [0.25, 0.3) is 0 Å². The summed E-state index contributed by atoms with van der Waals surface area (Å²) in [4.78, 5) is 11.4. The van der Waals surface area contributed by atoms with Crippen LogP contribution in [0.15, 0.2) is 4.90 Å². The molecule has 0 saturated heterocycles. The summed E-state index contributed by atoms with van der Waals surface area (Å²) in [6.07, 6.45) is 0. The number of sulfonamides is 1. The van der Waals surface area contributed by atoms with E-state index in [0.29, 0.717) is 12.2 Å². The summed E-state index contributed by atoms with van der Waals surface area (Å²) in [5, 5.41) is 6.40. The Hall–Kier alpha value is -1.61. The first-order chi connectivity index (χ1) is 8.71. The van der Waals surface area contributed by atoms with Crippen molar-refractivity contribution in [2.75, 3.05) is 25.9 Å². The number of carbonyl (C=O) groups excluding carboxylic acids is 1. The van der Waals surface area contributed by atoms with Crippen molar-refractivity contribution in [3.05, 3.63) is 5.69 Å². The van der Waals surface area contributed by atoms with Crippen LogP contribution in [0, 0.1) is 6.92 Å². The maximum absolute atomic E-state index is 12.3. The lowest BCUT2D eigenvalue weighted by Gasteiger charge is -2.16.